The Bertz CT molecular complexity index is 1920. The molecule has 5 aliphatic heterocycles. The Labute approximate surface area is 305 Å². The first kappa shape index (κ1) is 33.0. The van der Waals surface area contributed by atoms with E-state index in [-0.39, 0.29) is 29.9 Å². The summed E-state index contributed by atoms with van der Waals surface area (Å²) < 4.78 is 6.12. The lowest BCUT2D eigenvalue weighted by atomic mass is 9.75. The minimum Gasteiger partial charge on any atom is -0.508 e. The van der Waals surface area contributed by atoms with Crippen LogP contribution in [0.2, 0.25) is 0 Å². The number of carbonyl (C=O) groups is 3. The maximum Gasteiger partial charge on any atom is 0.255 e. The number of amides is 3. The molecule has 6 aliphatic rings. The Morgan fingerprint density at radius 2 is 1.50 bits per heavy atom. The Morgan fingerprint density at radius 1 is 0.769 bits per heavy atom. The summed E-state index contributed by atoms with van der Waals surface area (Å²) in [6.07, 6.45) is 6.76. The van der Waals surface area contributed by atoms with E-state index in [0.717, 1.165) is 68.4 Å². The van der Waals surface area contributed by atoms with Gasteiger partial charge in [-0.2, -0.15) is 0 Å². The van der Waals surface area contributed by atoms with E-state index in [9.17, 15) is 19.5 Å². The monoisotopic (exact) mass is 701 g/mol. The van der Waals surface area contributed by atoms with Gasteiger partial charge < -0.3 is 24.5 Å². The van der Waals surface area contributed by atoms with Crippen LogP contribution in [0, 0.1) is 11.8 Å². The molecule has 0 radical (unpaired) electrons. The number of benzene rings is 3. The number of phenolic OH excluding ortho intramolecular Hbond substituents is 1. The highest BCUT2D eigenvalue weighted by Crippen LogP contribution is 2.46. The maximum absolute atomic E-state index is 13.1. The molecule has 3 aromatic rings. The average Bonchev–Trinajstić information content (AvgIpc) is 3.46. The van der Waals surface area contributed by atoms with E-state index in [4.69, 9.17) is 4.74 Å². The lowest BCUT2D eigenvalue weighted by Crippen LogP contribution is -2.52. The van der Waals surface area contributed by atoms with Gasteiger partial charge in [0.15, 0.2) is 0 Å². The van der Waals surface area contributed by atoms with E-state index >= 15 is 0 Å². The van der Waals surface area contributed by atoms with Gasteiger partial charge in [0, 0.05) is 87.3 Å². The highest BCUT2D eigenvalue weighted by atomic mass is 16.5. The molecule has 3 saturated heterocycles. The van der Waals surface area contributed by atoms with Gasteiger partial charge in [0.05, 0.1) is 0 Å². The number of aromatic hydroxyl groups is 1. The van der Waals surface area contributed by atoms with Crippen molar-refractivity contribution in [1.29, 1.82) is 0 Å². The zero-order chi connectivity index (χ0) is 35.3. The van der Waals surface area contributed by atoms with E-state index in [1.54, 1.807) is 17.0 Å². The van der Waals surface area contributed by atoms with Crippen molar-refractivity contribution in [1.82, 2.24) is 15.1 Å². The van der Waals surface area contributed by atoms with Gasteiger partial charge in [-0.1, -0.05) is 18.6 Å². The Kier molecular flexibility index (Phi) is 8.65. The van der Waals surface area contributed by atoms with Crippen LogP contribution in [-0.4, -0.2) is 91.1 Å². The number of carbonyl (C=O) groups excluding carboxylic acids is 3. The van der Waals surface area contributed by atoms with Gasteiger partial charge in [-0.15, -0.1) is 0 Å². The molecular weight excluding hydrogens is 654 g/mol. The largest absolute Gasteiger partial charge is 0.508 e. The molecule has 1 atom stereocenters. The van der Waals surface area contributed by atoms with Crippen LogP contribution in [0.5, 0.6) is 11.5 Å². The molecule has 10 nitrogen and oxygen atoms in total. The second-order valence-corrected chi connectivity index (χ2v) is 15.5. The third-order valence-electron chi connectivity index (χ3n) is 12.4. The predicted octanol–water partition coefficient (Wildman–Crippen LogP) is 5.19. The average molecular weight is 702 g/mol. The van der Waals surface area contributed by atoms with Gasteiger partial charge in [0.1, 0.15) is 24.1 Å². The summed E-state index contributed by atoms with van der Waals surface area (Å²) in [4.78, 5) is 46.4. The molecule has 52 heavy (non-hydrogen) atoms. The van der Waals surface area contributed by atoms with Crippen LogP contribution in [0.1, 0.15) is 72.0 Å². The van der Waals surface area contributed by atoms with Crippen molar-refractivity contribution in [3.63, 3.8) is 0 Å². The number of piperazine rings is 1. The van der Waals surface area contributed by atoms with Gasteiger partial charge in [-0.25, -0.2) is 0 Å². The van der Waals surface area contributed by atoms with E-state index in [1.165, 1.54) is 54.5 Å². The van der Waals surface area contributed by atoms with Crippen molar-refractivity contribution in [3.8, 4) is 11.5 Å². The van der Waals surface area contributed by atoms with Gasteiger partial charge in [0.2, 0.25) is 11.8 Å². The molecule has 270 valence electrons. The molecule has 3 aromatic carbocycles. The summed E-state index contributed by atoms with van der Waals surface area (Å²) in [6, 6.07) is 20.1. The fraction of sp³-hybridized carbons (Fsp3) is 0.452. The number of piperidine rings is 2. The van der Waals surface area contributed by atoms with E-state index < -0.39 is 6.04 Å². The van der Waals surface area contributed by atoms with Crippen LogP contribution in [-0.2, 0) is 16.1 Å². The van der Waals surface area contributed by atoms with Crippen molar-refractivity contribution in [2.45, 2.75) is 57.5 Å². The van der Waals surface area contributed by atoms with Gasteiger partial charge >= 0.3 is 0 Å². The highest BCUT2D eigenvalue weighted by Gasteiger charge is 2.39. The number of nitrogens with zero attached hydrogens (tertiary/aromatic N) is 4. The summed E-state index contributed by atoms with van der Waals surface area (Å²) in [6.45, 7) is 8.22. The summed E-state index contributed by atoms with van der Waals surface area (Å²) >= 11 is 0. The van der Waals surface area contributed by atoms with E-state index in [0.29, 0.717) is 37.0 Å². The van der Waals surface area contributed by atoms with Gasteiger partial charge in [-0.05, 0) is 109 Å². The number of hydrogen-bond donors (Lipinski definition) is 2. The number of anilines is 2. The SMILES string of the molecule is O=C1CC[C@H](N2Cc3cc(N4CCN(CC5CCN(c6ccc(C7=C(C8CCC8)COc8cc(O)ccc87)cc6)CC5)CC4)ccc3C2=O)C(=O)N1. The van der Waals surface area contributed by atoms with Crippen molar-refractivity contribution in [2.24, 2.45) is 11.8 Å². The van der Waals surface area contributed by atoms with Crippen molar-refractivity contribution >= 4 is 34.7 Å². The molecule has 0 unspecified atom stereocenters. The number of fused-ring (bicyclic) bond motifs is 2. The first-order valence-corrected chi connectivity index (χ1v) is 19.2. The van der Waals surface area contributed by atoms with Gasteiger partial charge in [-0.3, -0.25) is 24.6 Å². The van der Waals surface area contributed by atoms with Crippen molar-refractivity contribution < 1.29 is 24.2 Å². The standard InChI is InChI=1S/C42H47N5O5/c48-33-9-11-35-38(23-33)52-26-36(28-2-1-3-28)40(35)29-4-6-31(7-5-29)45-16-14-27(15-17-45)24-44-18-20-46(21-19-44)32-8-10-34-30(22-32)25-47(42(34)51)37-12-13-39(49)43-41(37)50/h4-11,22-23,27-28,37,48H,1-3,12-21,24-26H2,(H,43,49,50)/t37-/m0/s1. The fourth-order valence-electron chi connectivity index (χ4n) is 9.18. The minimum atomic E-state index is -0.585. The van der Waals surface area contributed by atoms with Crippen LogP contribution in [0.25, 0.3) is 5.57 Å². The molecule has 5 heterocycles. The van der Waals surface area contributed by atoms with Crippen LogP contribution in [0.4, 0.5) is 11.4 Å². The van der Waals surface area contributed by atoms with Crippen LogP contribution in [0.15, 0.2) is 66.2 Å². The lowest BCUT2D eigenvalue weighted by Gasteiger charge is -2.40. The fourth-order valence-corrected chi connectivity index (χ4v) is 9.18. The smallest absolute Gasteiger partial charge is 0.255 e. The number of phenols is 1. The molecule has 2 N–H and O–H groups in total. The molecular formula is C42H47N5O5. The lowest BCUT2D eigenvalue weighted by molar-refractivity contribution is -0.136. The van der Waals surface area contributed by atoms with Crippen LogP contribution in [0.3, 0.4) is 0 Å². The molecule has 3 amide bonds. The molecule has 10 heteroatoms. The summed E-state index contributed by atoms with van der Waals surface area (Å²) in [5, 5.41) is 12.5. The summed E-state index contributed by atoms with van der Waals surface area (Å²) in [7, 11) is 0. The molecule has 9 rings (SSSR count). The topological polar surface area (TPSA) is 106 Å². The number of nitrogens with one attached hydrogen (secondary N) is 1. The third-order valence-corrected chi connectivity index (χ3v) is 12.4. The molecule has 4 fully saturated rings. The predicted molar refractivity (Wildman–Crippen MR) is 199 cm³/mol. The zero-order valence-electron chi connectivity index (χ0n) is 29.7. The molecule has 1 saturated carbocycles. The van der Waals surface area contributed by atoms with E-state index in [2.05, 4.69) is 50.3 Å². The number of imide groups is 1. The Morgan fingerprint density at radius 3 is 2.23 bits per heavy atom. The molecule has 0 aromatic heterocycles. The third kappa shape index (κ3) is 6.21. The second-order valence-electron chi connectivity index (χ2n) is 15.5. The second kappa shape index (κ2) is 13.6. The van der Waals surface area contributed by atoms with Crippen molar-refractivity contribution in [3.05, 3.63) is 88.5 Å². The summed E-state index contributed by atoms with van der Waals surface area (Å²) in [5.74, 6) is 1.53. The van der Waals surface area contributed by atoms with Crippen LogP contribution >= 0.6 is 0 Å². The maximum atomic E-state index is 13.1. The molecule has 0 spiro atoms. The Hall–Kier alpha value is -4.83. The number of ether oxygens (including phenoxy) is 1. The van der Waals surface area contributed by atoms with E-state index in [1.807, 2.05) is 18.2 Å². The van der Waals surface area contributed by atoms with Crippen molar-refractivity contribution in [2.75, 3.05) is 62.2 Å². The van der Waals surface area contributed by atoms with Gasteiger partial charge in [0.25, 0.3) is 5.91 Å². The number of hydrogen-bond acceptors (Lipinski definition) is 8. The first-order valence-electron chi connectivity index (χ1n) is 19.2. The van der Waals surface area contributed by atoms with Crippen LogP contribution < -0.4 is 19.9 Å². The molecule has 1 aliphatic carbocycles. The zero-order valence-corrected chi connectivity index (χ0v) is 29.7. The first-order chi connectivity index (χ1) is 25.4. The minimum absolute atomic E-state index is 0.122. The highest BCUT2D eigenvalue weighted by molar-refractivity contribution is 6.05. The number of rotatable bonds is 7. The normalized spacial score (nSPS) is 23.0. The Balaban J connectivity index is 0.776. The summed E-state index contributed by atoms with van der Waals surface area (Å²) in [5.41, 5.74) is 9.06. The quantitative estimate of drug-likeness (QED) is 0.325. The molecule has 0 bridgehead atoms.